The van der Waals surface area contributed by atoms with Gasteiger partial charge in [-0.3, -0.25) is 9.69 Å². The molecule has 1 aliphatic carbocycles. The molecule has 2 unspecified atom stereocenters. The van der Waals surface area contributed by atoms with E-state index in [1.54, 1.807) is 0 Å². The highest BCUT2D eigenvalue weighted by atomic mass is 35.5. The van der Waals surface area contributed by atoms with E-state index in [0.717, 1.165) is 13.1 Å². The lowest BCUT2D eigenvalue weighted by atomic mass is 10.0. The van der Waals surface area contributed by atoms with Crippen LogP contribution in [0.2, 0.25) is 0 Å². The molecule has 0 saturated heterocycles. The number of nitrogens with one attached hydrogen (secondary N) is 1. The molecule has 0 aromatic heterocycles. The minimum absolute atomic E-state index is 0.0643. The van der Waals surface area contributed by atoms with E-state index in [1.807, 2.05) is 25.1 Å². The van der Waals surface area contributed by atoms with Gasteiger partial charge in [0.05, 0.1) is 11.5 Å². The lowest BCUT2D eigenvalue weighted by molar-refractivity contribution is -0.126. The molecule has 2 rings (SSSR count). The van der Waals surface area contributed by atoms with E-state index in [-0.39, 0.29) is 11.9 Å². The first-order valence-corrected chi connectivity index (χ1v) is 8.56. The lowest BCUT2D eigenvalue weighted by Crippen LogP contribution is -2.41. The summed E-state index contributed by atoms with van der Waals surface area (Å²) in [6.07, 6.45) is 0.510. The number of amides is 1. The quantitative estimate of drug-likeness (QED) is 0.765. The molecule has 1 aliphatic rings. The maximum Gasteiger partial charge on any atom is 0.229 e. The Labute approximate surface area is 143 Å². The SMILES string of the molecule is CCN(CC)C(CNC(=O)C1(C)CC1(Cl)Cl)c1ccccc1. The van der Waals surface area contributed by atoms with Crippen LogP contribution in [0.25, 0.3) is 0 Å². The topological polar surface area (TPSA) is 32.3 Å². The van der Waals surface area contributed by atoms with Gasteiger partial charge in [0.2, 0.25) is 5.91 Å². The van der Waals surface area contributed by atoms with Crippen molar-refractivity contribution in [3.05, 3.63) is 35.9 Å². The second-order valence-corrected chi connectivity index (χ2v) is 7.55. The molecule has 1 saturated carbocycles. The van der Waals surface area contributed by atoms with E-state index in [0.29, 0.717) is 13.0 Å². The van der Waals surface area contributed by atoms with E-state index >= 15 is 0 Å². The Hall–Kier alpha value is -0.770. The summed E-state index contributed by atoms with van der Waals surface area (Å²) in [5.74, 6) is -0.0643. The molecule has 0 aliphatic heterocycles. The fraction of sp³-hybridized carbons (Fsp3) is 0.588. The van der Waals surface area contributed by atoms with Gasteiger partial charge in [-0.2, -0.15) is 0 Å². The van der Waals surface area contributed by atoms with Crippen LogP contribution >= 0.6 is 23.2 Å². The van der Waals surface area contributed by atoms with Crippen molar-refractivity contribution < 1.29 is 4.79 Å². The van der Waals surface area contributed by atoms with Crippen LogP contribution in [-0.2, 0) is 4.79 Å². The van der Waals surface area contributed by atoms with Crippen molar-refractivity contribution in [2.75, 3.05) is 19.6 Å². The molecule has 3 nitrogen and oxygen atoms in total. The van der Waals surface area contributed by atoms with Crippen molar-refractivity contribution in [3.8, 4) is 0 Å². The predicted molar refractivity (Wildman–Crippen MR) is 92.3 cm³/mol. The largest absolute Gasteiger partial charge is 0.354 e. The van der Waals surface area contributed by atoms with Crippen molar-refractivity contribution in [1.82, 2.24) is 10.2 Å². The maximum absolute atomic E-state index is 12.4. The third-order valence-electron chi connectivity index (χ3n) is 4.65. The van der Waals surface area contributed by atoms with Crippen molar-refractivity contribution in [2.24, 2.45) is 5.41 Å². The molecule has 2 atom stereocenters. The van der Waals surface area contributed by atoms with Gasteiger partial charge in [0, 0.05) is 6.54 Å². The van der Waals surface area contributed by atoms with Crippen molar-refractivity contribution in [3.63, 3.8) is 0 Å². The molecule has 1 aromatic rings. The van der Waals surface area contributed by atoms with E-state index in [9.17, 15) is 4.79 Å². The standard InChI is InChI=1S/C17H24Cl2N2O/c1-4-21(5-2)14(13-9-7-6-8-10-13)11-20-15(22)16(3)12-17(16,18)19/h6-10,14H,4-5,11-12H2,1-3H3,(H,20,22). The highest BCUT2D eigenvalue weighted by molar-refractivity contribution is 6.53. The molecule has 1 amide bonds. The molecule has 122 valence electrons. The molecule has 22 heavy (non-hydrogen) atoms. The van der Waals surface area contributed by atoms with Crippen LogP contribution in [0.4, 0.5) is 0 Å². The van der Waals surface area contributed by atoms with Gasteiger partial charge in [0.1, 0.15) is 4.33 Å². The van der Waals surface area contributed by atoms with Gasteiger partial charge in [-0.25, -0.2) is 0 Å². The molecule has 1 fully saturated rings. The van der Waals surface area contributed by atoms with Crippen LogP contribution in [0, 0.1) is 5.41 Å². The lowest BCUT2D eigenvalue weighted by Gasteiger charge is -2.30. The zero-order valence-corrected chi connectivity index (χ0v) is 14.9. The Balaban J connectivity index is 2.06. The zero-order valence-electron chi connectivity index (χ0n) is 13.4. The van der Waals surface area contributed by atoms with Crippen LogP contribution in [-0.4, -0.2) is 34.8 Å². The summed E-state index contributed by atoms with van der Waals surface area (Å²) < 4.78 is -0.922. The van der Waals surface area contributed by atoms with Gasteiger partial charge in [0.25, 0.3) is 0 Å². The summed E-state index contributed by atoms with van der Waals surface area (Å²) in [5.41, 5.74) is 0.538. The molecule has 1 aromatic carbocycles. The molecule has 5 heteroatoms. The Bertz CT molecular complexity index is 517. The van der Waals surface area contributed by atoms with Crippen molar-refractivity contribution in [1.29, 1.82) is 0 Å². The number of hydrogen-bond acceptors (Lipinski definition) is 2. The van der Waals surface area contributed by atoms with Crippen molar-refractivity contribution in [2.45, 2.75) is 37.6 Å². The predicted octanol–water partition coefficient (Wildman–Crippen LogP) is 3.77. The van der Waals surface area contributed by atoms with E-state index < -0.39 is 9.75 Å². The van der Waals surface area contributed by atoms with Gasteiger partial charge in [-0.1, -0.05) is 44.2 Å². The Morgan fingerprint density at radius 1 is 1.27 bits per heavy atom. The average Bonchev–Trinajstić information content (AvgIpc) is 3.04. The molecular formula is C17H24Cl2N2O. The normalized spacial score (nSPS) is 24.1. The van der Waals surface area contributed by atoms with Gasteiger partial charge in [-0.15, -0.1) is 23.2 Å². The molecule has 1 N–H and O–H groups in total. The number of benzene rings is 1. The summed E-state index contributed by atoms with van der Waals surface area (Å²) in [4.78, 5) is 14.7. The molecule has 0 bridgehead atoms. The highest BCUT2D eigenvalue weighted by Gasteiger charge is 2.67. The second kappa shape index (κ2) is 6.77. The first kappa shape index (κ1) is 17.6. The van der Waals surface area contributed by atoms with Crippen LogP contribution in [0.1, 0.15) is 38.8 Å². The molecule has 0 radical (unpaired) electrons. The minimum atomic E-state index is -0.922. The van der Waals surface area contributed by atoms with Crippen LogP contribution in [0.5, 0.6) is 0 Å². The number of likely N-dealkylation sites (N-methyl/N-ethyl adjacent to an activating group) is 1. The number of hydrogen-bond donors (Lipinski definition) is 1. The summed E-state index contributed by atoms with van der Waals surface area (Å²) in [7, 11) is 0. The van der Waals surface area contributed by atoms with Gasteiger partial charge >= 0.3 is 0 Å². The molecule has 0 heterocycles. The molecular weight excluding hydrogens is 319 g/mol. The fourth-order valence-electron chi connectivity index (χ4n) is 2.83. The third kappa shape index (κ3) is 3.42. The monoisotopic (exact) mass is 342 g/mol. The van der Waals surface area contributed by atoms with Gasteiger partial charge in [-0.05, 0) is 32.0 Å². The number of carbonyl (C=O) groups excluding carboxylic acids is 1. The first-order valence-electron chi connectivity index (χ1n) is 7.81. The van der Waals surface area contributed by atoms with Gasteiger partial charge < -0.3 is 5.32 Å². The minimum Gasteiger partial charge on any atom is -0.354 e. The average molecular weight is 343 g/mol. The first-order chi connectivity index (χ1) is 10.4. The Morgan fingerprint density at radius 2 is 1.82 bits per heavy atom. The fourth-order valence-corrected chi connectivity index (χ4v) is 3.53. The third-order valence-corrected chi connectivity index (χ3v) is 5.75. The summed E-state index contributed by atoms with van der Waals surface area (Å²) in [5, 5.41) is 3.04. The number of carbonyl (C=O) groups is 1. The number of rotatable bonds is 7. The second-order valence-electron chi connectivity index (χ2n) is 6.07. The van der Waals surface area contributed by atoms with Crippen LogP contribution in [0.15, 0.2) is 30.3 Å². The number of alkyl halides is 2. The Morgan fingerprint density at radius 3 is 2.27 bits per heavy atom. The van der Waals surface area contributed by atoms with Crippen molar-refractivity contribution >= 4 is 29.1 Å². The van der Waals surface area contributed by atoms with E-state index in [4.69, 9.17) is 23.2 Å². The van der Waals surface area contributed by atoms with E-state index in [2.05, 4.69) is 36.2 Å². The van der Waals surface area contributed by atoms with Crippen LogP contribution < -0.4 is 5.32 Å². The van der Waals surface area contributed by atoms with Crippen LogP contribution in [0.3, 0.4) is 0 Å². The maximum atomic E-state index is 12.4. The Kier molecular flexibility index (Phi) is 5.41. The smallest absolute Gasteiger partial charge is 0.229 e. The van der Waals surface area contributed by atoms with Gasteiger partial charge in [0.15, 0.2) is 0 Å². The summed E-state index contributed by atoms with van der Waals surface area (Å²) in [6, 6.07) is 10.4. The van der Waals surface area contributed by atoms with E-state index in [1.165, 1.54) is 5.56 Å². The summed E-state index contributed by atoms with van der Waals surface area (Å²) in [6.45, 7) is 8.50. The summed E-state index contributed by atoms with van der Waals surface area (Å²) >= 11 is 12.2. The number of halogens is 2. The zero-order chi connectivity index (χ0) is 16.4. The number of nitrogens with zero attached hydrogens (tertiary/aromatic N) is 1. The molecule has 0 spiro atoms. The highest BCUT2D eigenvalue weighted by Crippen LogP contribution is 2.63.